The van der Waals surface area contributed by atoms with E-state index in [9.17, 15) is 10.2 Å². The maximum atomic E-state index is 9.96. The van der Waals surface area contributed by atoms with Crippen molar-refractivity contribution < 1.29 is 10.2 Å². The molecule has 0 fully saturated rings. The topological polar surface area (TPSA) is 66.5 Å². The number of rotatable bonds is 2. The van der Waals surface area contributed by atoms with Gasteiger partial charge in [-0.05, 0) is 19.9 Å². The summed E-state index contributed by atoms with van der Waals surface area (Å²) in [5, 5.41) is 19.4. The Bertz CT molecular complexity index is 295. The zero-order valence-electron chi connectivity index (χ0n) is 7.86. The largest absolute Gasteiger partial charge is 0.508 e. The molecule has 0 aromatic heterocycles. The molecule has 0 heterocycles. The van der Waals surface area contributed by atoms with Crippen molar-refractivity contribution in [3.63, 3.8) is 0 Å². The highest BCUT2D eigenvalue weighted by Crippen LogP contribution is 2.30. The Balaban J connectivity index is 3.14. The summed E-state index contributed by atoms with van der Waals surface area (Å²) < 4.78 is 0. The number of aliphatic hydroxyl groups is 1. The number of nitrogens with two attached hydrogens (primary N) is 1. The number of para-hydroxylation sites is 1. The fourth-order valence-electron chi connectivity index (χ4n) is 1.15. The predicted molar refractivity (Wildman–Crippen MR) is 51.3 cm³/mol. The van der Waals surface area contributed by atoms with Crippen LogP contribution in [0.2, 0.25) is 0 Å². The number of phenolic OH excluding ortho intramolecular Hbond substituents is 1. The van der Waals surface area contributed by atoms with Crippen LogP contribution in [0.15, 0.2) is 24.3 Å². The van der Waals surface area contributed by atoms with Crippen LogP contribution in [0.4, 0.5) is 0 Å². The first-order valence-corrected chi connectivity index (χ1v) is 4.22. The Morgan fingerprint density at radius 1 is 1.38 bits per heavy atom. The Morgan fingerprint density at radius 3 is 2.38 bits per heavy atom. The number of phenols is 1. The monoisotopic (exact) mass is 181 g/mol. The lowest BCUT2D eigenvalue weighted by molar-refractivity contribution is 0.0326. The minimum Gasteiger partial charge on any atom is -0.508 e. The zero-order chi connectivity index (χ0) is 10.1. The average Bonchev–Trinajstić information content (AvgIpc) is 2.04. The lowest BCUT2D eigenvalue weighted by Gasteiger charge is -2.28. The fraction of sp³-hybridized carbons (Fsp3) is 0.400. The van der Waals surface area contributed by atoms with Crippen molar-refractivity contribution in [3.05, 3.63) is 29.8 Å². The Kier molecular flexibility index (Phi) is 2.59. The second kappa shape index (κ2) is 3.36. The standard InChI is InChI=1S/C10H15NO2/c1-7(11)10(2,13)8-5-3-4-6-9(8)12/h3-7,12-13H,11H2,1-2H3. The average molecular weight is 181 g/mol. The first-order chi connectivity index (χ1) is 5.96. The SMILES string of the molecule is CC(N)C(C)(O)c1ccccc1O. The van der Waals surface area contributed by atoms with Gasteiger partial charge in [-0.2, -0.15) is 0 Å². The van der Waals surface area contributed by atoms with E-state index < -0.39 is 11.6 Å². The maximum Gasteiger partial charge on any atom is 0.121 e. The molecule has 0 amide bonds. The van der Waals surface area contributed by atoms with Gasteiger partial charge in [0, 0.05) is 11.6 Å². The van der Waals surface area contributed by atoms with E-state index >= 15 is 0 Å². The highest BCUT2D eigenvalue weighted by molar-refractivity contribution is 5.37. The minimum absolute atomic E-state index is 0.0739. The summed E-state index contributed by atoms with van der Waals surface area (Å²) in [6.07, 6.45) is 0. The van der Waals surface area contributed by atoms with Crippen molar-refractivity contribution in [1.29, 1.82) is 0 Å². The number of hydrogen-bond acceptors (Lipinski definition) is 3. The molecule has 1 rings (SSSR count). The first-order valence-electron chi connectivity index (χ1n) is 4.22. The highest BCUT2D eigenvalue weighted by Gasteiger charge is 2.29. The molecule has 0 saturated heterocycles. The predicted octanol–water partition coefficient (Wildman–Crippen LogP) is 0.947. The molecule has 4 N–H and O–H groups in total. The number of aromatic hydroxyl groups is 1. The van der Waals surface area contributed by atoms with Crippen molar-refractivity contribution in [2.75, 3.05) is 0 Å². The van der Waals surface area contributed by atoms with Crippen molar-refractivity contribution in [3.8, 4) is 5.75 Å². The molecule has 0 bridgehead atoms. The van der Waals surface area contributed by atoms with Crippen LogP contribution in [0.3, 0.4) is 0 Å². The first kappa shape index (κ1) is 10.0. The number of benzene rings is 1. The summed E-state index contributed by atoms with van der Waals surface area (Å²) in [7, 11) is 0. The maximum absolute atomic E-state index is 9.96. The molecule has 2 atom stereocenters. The molecule has 2 unspecified atom stereocenters. The van der Waals surface area contributed by atoms with Gasteiger partial charge in [-0.1, -0.05) is 18.2 Å². The van der Waals surface area contributed by atoms with E-state index in [1.165, 1.54) is 6.07 Å². The van der Waals surface area contributed by atoms with E-state index in [0.29, 0.717) is 5.56 Å². The van der Waals surface area contributed by atoms with Crippen molar-refractivity contribution in [2.45, 2.75) is 25.5 Å². The third kappa shape index (κ3) is 1.82. The quantitative estimate of drug-likeness (QED) is 0.636. The molecule has 13 heavy (non-hydrogen) atoms. The van der Waals surface area contributed by atoms with Gasteiger partial charge in [0.2, 0.25) is 0 Å². The van der Waals surface area contributed by atoms with Crippen LogP contribution in [-0.4, -0.2) is 16.3 Å². The molecule has 0 radical (unpaired) electrons. The van der Waals surface area contributed by atoms with Gasteiger partial charge in [-0.25, -0.2) is 0 Å². The van der Waals surface area contributed by atoms with Gasteiger partial charge in [0.1, 0.15) is 11.4 Å². The minimum atomic E-state index is -1.19. The molecule has 72 valence electrons. The van der Waals surface area contributed by atoms with Crippen LogP contribution in [0.5, 0.6) is 5.75 Å². The van der Waals surface area contributed by atoms with E-state index in [4.69, 9.17) is 5.73 Å². The van der Waals surface area contributed by atoms with Gasteiger partial charge in [0.25, 0.3) is 0 Å². The van der Waals surface area contributed by atoms with Gasteiger partial charge in [0.15, 0.2) is 0 Å². The Labute approximate surface area is 77.8 Å². The molecule has 0 spiro atoms. The molecular formula is C10H15NO2. The summed E-state index contributed by atoms with van der Waals surface area (Å²) >= 11 is 0. The lowest BCUT2D eigenvalue weighted by atomic mass is 9.89. The van der Waals surface area contributed by atoms with Crippen molar-refractivity contribution >= 4 is 0 Å². The third-order valence-corrected chi connectivity index (χ3v) is 2.34. The van der Waals surface area contributed by atoms with E-state index in [1.807, 2.05) is 0 Å². The van der Waals surface area contributed by atoms with Crippen LogP contribution in [0, 0.1) is 0 Å². The fourth-order valence-corrected chi connectivity index (χ4v) is 1.15. The molecule has 3 heteroatoms. The second-order valence-corrected chi connectivity index (χ2v) is 3.45. The van der Waals surface area contributed by atoms with Gasteiger partial charge in [-0.3, -0.25) is 0 Å². The Morgan fingerprint density at radius 2 is 1.92 bits per heavy atom. The zero-order valence-corrected chi connectivity index (χ0v) is 7.86. The van der Waals surface area contributed by atoms with Gasteiger partial charge in [-0.15, -0.1) is 0 Å². The van der Waals surface area contributed by atoms with Gasteiger partial charge >= 0.3 is 0 Å². The van der Waals surface area contributed by atoms with E-state index in [2.05, 4.69) is 0 Å². The van der Waals surface area contributed by atoms with Crippen LogP contribution in [0.1, 0.15) is 19.4 Å². The lowest BCUT2D eigenvalue weighted by Crippen LogP contribution is -2.40. The van der Waals surface area contributed by atoms with Gasteiger partial charge < -0.3 is 15.9 Å². The normalized spacial score (nSPS) is 17.8. The van der Waals surface area contributed by atoms with Crippen LogP contribution in [0.25, 0.3) is 0 Å². The van der Waals surface area contributed by atoms with Crippen LogP contribution in [-0.2, 0) is 5.60 Å². The van der Waals surface area contributed by atoms with E-state index in [1.54, 1.807) is 32.0 Å². The molecule has 1 aromatic rings. The summed E-state index contributed by atoms with van der Waals surface area (Å²) in [5.74, 6) is 0.0739. The smallest absolute Gasteiger partial charge is 0.121 e. The third-order valence-electron chi connectivity index (χ3n) is 2.34. The molecule has 3 nitrogen and oxygen atoms in total. The molecule has 1 aromatic carbocycles. The molecule has 0 saturated carbocycles. The van der Waals surface area contributed by atoms with Crippen molar-refractivity contribution in [1.82, 2.24) is 0 Å². The second-order valence-electron chi connectivity index (χ2n) is 3.45. The summed E-state index contributed by atoms with van der Waals surface area (Å²) in [6, 6.07) is 6.23. The van der Waals surface area contributed by atoms with E-state index in [0.717, 1.165) is 0 Å². The highest BCUT2D eigenvalue weighted by atomic mass is 16.3. The van der Waals surface area contributed by atoms with Crippen LogP contribution < -0.4 is 5.73 Å². The molecule has 0 aliphatic heterocycles. The summed E-state index contributed by atoms with van der Waals surface area (Å²) in [4.78, 5) is 0. The van der Waals surface area contributed by atoms with Crippen molar-refractivity contribution in [2.24, 2.45) is 5.73 Å². The molecular weight excluding hydrogens is 166 g/mol. The summed E-state index contributed by atoms with van der Waals surface area (Å²) in [5.41, 5.74) is 4.88. The van der Waals surface area contributed by atoms with E-state index in [-0.39, 0.29) is 5.75 Å². The van der Waals surface area contributed by atoms with Gasteiger partial charge in [0.05, 0.1) is 0 Å². The number of hydrogen-bond donors (Lipinski definition) is 3. The molecule has 0 aliphatic rings. The molecule has 0 aliphatic carbocycles. The summed E-state index contributed by atoms with van der Waals surface area (Å²) in [6.45, 7) is 3.29. The van der Waals surface area contributed by atoms with Crippen LogP contribution >= 0.6 is 0 Å². The Hall–Kier alpha value is -1.06.